The van der Waals surface area contributed by atoms with Gasteiger partial charge in [-0.2, -0.15) is 8.42 Å². The fourth-order valence-corrected chi connectivity index (χ4v) is 1.23. The van der Waals surface area contributed by atoms with Crippen LogP contribution < -0.4 is 0 Å². The Bertz CT molecular complexity index is 363. The standard InChI is InChI=1S/C5H5FN2O2S/c1-4-5(11(6,9)10)8-3-2-7-4/h2-3H,1H3. The first kappa shape index (κ1) is 8.06. The molecule has 0 bridgehead atoms. The zero-order valence-electron chi connectivity index (χ0n) is 5.65. The number of hydrogen-bond acceptors (Lipinski definition) is 4. The van der Waals surface area contributed by atoms with Crippen LogP contribution in [0.2, 0.25) is 0 Å². The van der Waals surface area contributed by atoms with E-state index in [0.717, 1.165) is 6.20 Å². The Morgan fingerprint density at radius 3 is 2.27 bits per heavy atom. The second-order valence-corrected chi connectivity index (χ2v) is 3.15. The fourth-order valence-electron chi connectivity index (χ4n) is 0.634. The summed E-state index contributed by atoms with van der Waals surface area (Å²) in [6.07, 6.45) is 2.42. The highest BCUT2D eigenvalue weighted by Crippen LogP contribution is 2.10. The van der Waals surface area contributed by atoms with Gasteiger partial charge in [0.05, 0.1) is 5.69 Å². The lowest BCUT2D eigenvalue weighted by Crippen LogP contribution is -2.00. The minimum absolute atomic E-state index is 0.0648. The van der Waals surface area contributed by atoms with E-state index in [9.17, 15) is 12.3 Å². The molecule has 0 saturated carbocycles. The van der Waals surface area contributed by atoms with E-state index >= 15 is 0 Å². The average Bonchev–Trinajstić information content (AvgIpc) is 1.86. The van der Waals surface area contributed by atoms with Gasteiger partial charge in [-0.1, -0.05) is 3.89 Å². The second kappa shape index (κ2) is 2.54. The monoisotopic (exact) mass is 176 g/mol. The molecule has 60 valence electrons. The third-order valence-electron chi connectivity index (χ3n) is 1.07. The molecule has 0 spiro atoms. The summed E-state index contributed by atoms with van der Waals surface area (Å²) in [6.45, 7) is 1.37. The molecule has 0 radical (unpaired) electrons. The molecule has 6 heteroatoms. The van der Waals surface area contributed by atoms with Crippen molar-refractivity contribution in [2.75, 3.05) is 0 Å². The molecule has 0 aromatic carbocycles. The molecule has 0 aliphatic heterocycles. The van der Waals surface area contributed by atoms with Gasteiger partial charge < -0.3 is 0 Å². The van der Waals surface area contributed by atoms with E-state index in [4.69, 9.17) is 0 Å². The molecule has 1 aromatic rings. The highest BCUT2D eigenvalue weighted by atomic mass is 32.3. The number of halogens is 1. The van der Waals surface area contributed by atoms with Gasteiger partial charge in [0.1, 0.15) is 0 Å². The lowest BCUT2D eigenvalue weighted by atomic mass is 10.5. The molecule has 4 nitrogen and oxygen atoms in total. The smallest absolute Gasteiger partial charge is 0.257 e. The number of hydrogen-bond donors (Lipinski definition) is 0. The lowest BCUT2D eigenvalue weighted by Gasteiger charge is -1.95. The summed E-state index contributed by atoms with van der Waals surface area (Å²) >= 11 is 0. The van der Waals surface area contributed by atoms with Gasteiger partial charge in [0, 0.05) is 12.4 Å². The SMILES string of the molecule is Cc1nccnc1S(=O)(=O)F. The molecule has 0 atom stereocenters. The molecule has 0 saturated heterocycles. The van der Waals surface area contributed by atoms with Crippen LogP contribution in [-0.2, 0) is 10.2 Å². The Morgan fingerprint density at radius 2 is 1.91 bits per heavy atom. The first-order valence-corrected chi connectivity index (χ1v) is 4.12. The molecule has 0 amide bonds. The Balaban J connectivity index is 3.37. The van der Waals surface area contributed by atoms with Gasteiger partial charge in [0.15, 0.2) is 0 Å². The molecule has 0 unspecified atom stereocenters. The van der Waals surface area contributed by atoms with Gasteiger partial charge in [-0.15, -0.1) is 0 Å². The van der Waals surface area contributed by atoms with Crippen molar-refractivity contribution < 1.29 is 12.3 Å². The first-order valence-electron chi connectivity index (χ1n) is 2.74. The zero-order chi connectivity index (χ0) is 8.48. The van der Waals surface area contributed by atoms with Crippen molar-refractivity contribution in [3.8, 4) is 0 Å². The average molecular weight is 176 g/mol. The summed E-state index contributed by atoms with van der Waals surface area (Å²) in [5.74, 6) is 0. The first-order chi connectivity index (χ1) is 5.02. The predicted octanol–water partition coefficient (Wildman–Crippen LogP) is 0.443. The van der Waals surface area contributed by atoms with E-state index in [2.05, 4.69) is 9.97 Å². The van der Waals surface area contributed by atoms with Gasteiger partial charge in [-0.3, -0.25) is 4.98 Å². The van der Waals surface area contributed by atoms with Crippen LogP contribution in [0.25, 0.3) is 0 Å². The van der Waals surface area contributed by atoms with Crippen LogP contribution >= 0.6 is 0 Å². The number of nitrogens with zero attached hydrogens (tertiary/aromatic N) is 2. The van der Waals surface area contributed by atoms with Crippen molar-refractivity contribution in [2.45, 2.75) is 11.9 Å². The lowest BCUT2D eigenvalue weighted by molar-refractivity contribution is 0.546. The van der Waals surface area contributed by atoms with Gasteiger partial charge >= 0.3 is 10.2 Å². The van der Waals surface area contributed by atoms with Crippen molar-refractivity contribution in [2.24, 2.45) is 0 Å². The van der Waals surface area contributed by atoms with Crippen molar-refractivity contribution in [3.05, 3.63) is 18.1 Å². The normalized spacial score (nSPS) is 11.5. The third kappa shape index (κ3) is 1.70. The molecule has 1 rings (SSSR count). The van der Waals surface area contributed by atoms with E-state index in [1.165, 1.54) is 13.1 Å². The van der Waals surface area contributed by atoms with Crippen LogP contribution in [0.15, 0.2) is 17.4 Å². The van der Waals surface area contributed by atoms with Crippen LogP contribution in [0.4, 0.5) is 3.89 Å². The van der Waals surface area contributed by atoms with Crippen molar-refractivity contribution in [1.82, 2.24) is 9.97 Å². The van der Waals surface area contributed by atoms with E-state index in [0.29, 0.717) is 0 Å². The summed E-state index contributed by atoms with van der Waals surface area (Å²) < 4.78 is 32.8. The fraction of sp³-hybridized carbons (Fsp3) is 0.200. The largest absolute Gasteiger partial charge is 0.351 e. The van der Waals surface area contributed by atoms with E-state index in [1.807, 2.05) is 0 Å². The predicted molar refractivity (Wildman–Crippen MR) is 35.1 cm³/mol. The molecule has 11 heavy (non-hydrogen) atoms. The number of rotatable bonds is 1. The summed E-state index contributed by atoms with van der Waals surface area (Å²) in [4.78, 5) is 6.89. The second-order valence-electron chi connectivity index (χ2n) is 1.88. The summed E-state index contributed by atoms with van der Waals surface area (Å²) in [5.41, 5.74) is 0.0648. The summed E-state index contributed by atoms with van der Waals surface area (Å²) in [5, 5.41) is -0.611. The van der Waals surface area contributed by atoms with E-state index in [-0.39, 0.29) is 5.69 Å². The van der Waals surface area contributed by atoms with Gasteiger partial charge in [0.2, 0.25) is 5.03 Å². The van der Waals surface area contributed by atoms with Crippen LogP contribution in [0.5, 0.6) is 0 Å². The minimum Gasteiger partial charge on any atom is -0.257 e. The van der Waals surface area contributed by atoms with Gasteiger partial charge in [-0.05, 0) is 6.92 Å². The minimum atomic E-state index is -4.71. The van der Waals surface area contributed by atoms with Crippen molar-refractivity contribution in [3.63, 3.8) is 0 Å². The Labute approximate surface area is 63.3 Å². The molecular formula is C5H5FN2O2S. The van der Waals surface area contributed by atoms with E-state index in [1.54, 1.807) is 0 Å². The van der Waals surface area contributed by atoms with Crippen molar-refractivity contribution >= 4 is 10.2 Å². The molecule has 1 aromatic heterocycles. The highest BCUT2D eigenvalue weighted by Gasteiger charge is 2.16. The molecular weight excluding hydrogens is 171 g/mol. The van der Waals surface area contributed by atoms with Gasteiger partial charge in [-0.25, -0.2) is 4.98 Å². The maximum absolute atomic E-state index is 12.3. The molecule has 0 fully saturated rings. The molecule has 0 aliphatic carbocycles. The molecule has 1 heterocycles. The van der Waals surface area contributed by atoms with Crippen LogP contribution in [0, 0.1) is 6.92 Å². The van der Waals surface area contributed by atoms with Crippen LogP contribution in [0.1, 0.15) is 5.69 Å². The molecule has 0 aliphatic rings. The maximum atomic E-state index is 12.3. The van der Waals surface area contributed by atoms with Crippen LogP contribution in [-0.4, -0.2) is 18.4 Å². The van der Waals surface area contributed by atoms with E-state index < -0.39 is 15.2 Å². The molecule has 0 N–H and O–H groups in total. The Kier molecular flexibility index (Phi) is 1.86. The van der Waals surface area contributed by atoms with Crippen molar-refractivity contribution in [1.29, 1.82) is 0 Å². The number of aromatic nitrogens is 2. The quantitative estimate of drug-likeness (QED) is 0.582. The highest BCUT2D eigenvalue weighted by molar-refractivity contribution is 7.86. The van der Waals surface area contributed by atoms with Gasteiger partial charge in [0.25, 0.3) is 0 Å². The summed E-state index contributed by atoms with van der Waals surface area (Å²) in [7, 11) is -4.71. The Morgan fingerprint density at radius 1 is 1.36 bits per heavy atom. The topological polar surface area (TPSA) is 59.9 Å². The van der Waals surface area contributed by atoms with Crippen LogP contribution in [0.3, 0.4) is 0 Å². The summed E-state index contributed by atoms with van der Waals surface area (Å²) in [6, 6.07) is 0. The third-order valence-corrected chi connectivity index (χ3v) is 1.93. The Hall–Kier alpha value is -1.04. The zero-order valence-corrected chi connectivity index (χ0v) is 6.47. The maximum Gasteiger partial charge on any atom is 0.351 e. The number of aryl methyl sites for hydroxylation is 1.